The molecule has 1 amide bonds. The molecule has 2 N–H and O–H groups in total. The molecule has 3 aromatic rings. The predicted octanol–water partition coefficient (Wildman–Crippen LogP) is 3.82. The molecule has 0 spiro atoms. The fraction of sp³-hybridized carbons (Fsp3) is 0.118. The molecular weight excluding hydrogens is 303 g/mol. The Morgan fingerprint density at radius 2 is 1.95 bits per heavy atom. The molecule has 0 bridgehead atoms. The lowest BCUT2D eigenvalue weighted by Crippen LogP contribution is -2.24. The third-order valence-electron chi connectivity index (χ3n) is 3.48. The fourth-order valence-electron chi connectivity index (χ4n) is 2.34. The van der Waals surface area contributed by atoms with Gasteiger partial charge in [-0.05, 0) is 41.5 Å². The molecule has 0 radical (unpaired) electrons. The summed E-state index contributed by atoms with van der Waals surface area (Å²) in [7, 11) is 0. The Bertz CT molecular complexity index is 811. The van der Waals surface area contributed by atoms with E-state index in [1.165, 1.54) is 12.1 Å². The Morgan fingerprint density at radius 3 is 2.73 bits per heavy atom. The molecule has 0 fully saturated rings. The lowest BCUT2D eigenvalue weighted by Gasteiger charge is -2.05. The maximum Gasteiger partial charge on any atom is 0.224 e. The van der Waals surface area contributed by atoms with E-state index in [2.05, 4.69) is 10.3 Å². The van der Waals surface area contributed by atoms with Gasteiger partial charge in [-0.3, -0.25) is 4.79 Å². The number of carbonyl (C=O) groups excluding carboxylic acids is 1. The zero-order valence-corrected chi connectivity index (χ0v) is 12.5. The first kappa shape index (κ1) is 14.6. The Labute approximate surface area is 132 Å². The molecule has 0 aliphatic heterocycles. The number of H-pyrrole nitrogens is 1. The number of aromatic amines is 1. The molecular formula is C17H14ClFN2O. The molecule has 1 heterocycles. The smallest absolute Gasteiger partial charge is 0.224 e. The lowest BCUT2D eigenvalue weighted by atomic mass is 10.1. The Morgan fingerprint density at radius 1 is 1.18 bits per heavy atom. The van der Waals surface area contributed by atoms with Gasteiger partial charge in [-0.1, -0.05) is 23.7 Å². The number of aromatic nitrogens is 1. The summed E-state index contributed by atoms with van der Waals surface area (Å²) in [5, 5.41) is 4.25. The van der Waals surface area contributed by atoms with Gasteiger partial charge in [-0.2, -0.15) is 0 Å². The SMILES string of the molecule is O=C(Cc1c[nH]c2ccc(F)cc12)NCc1ccc(Cl)cc1. The zero-order chi connectivity index (χ0) is 15.5. The van der Waals surface area contributed by atoms with Crippen LogP contribution in [-0.4, -0.2) is 10.9 Å². The maximum absolute atomic E-state index is 13.3. The molecule has 0 aliphatic rings. The third-order valence-corrected chi connectivity index (χ3v) is 3.74. The number of amides is 1. The summed E-state index contributed by atoms with van der Waals surface area (Å²) in [4.78, 5) is 15.1. The van der Waals surface area contributed by atoms with Crippen LogP contribution >= 0.6 is 11.6 Å². The minimum absolute atomic E-state index is 0.111. The minimum Gasteiger partial charge on any atom is -0.361 e. The second kappa shape index (κ2) is 6.20. The van der Waals surface area contributed by atoms with Crippen molar-refractivity contribution in [3.63, 3.8) is 0 Å². The van der Waals surface area contributed by atoms with Gasteiger partial charge in [0.1, 0.15) is 5.82 Å². The van der Waals surface area contributed by atoms with Gasteiger partial charge >= 0.3 is 0 Å². The highest BCUT2D eigenvalue weighted by molar-refractivity contribution is 6.30. The summed E-state index contributed by atoms with van der Waals surface area (Å²) in [5.74, 6) is -0.421. The van der Waals surface area contributed by atoms with Gasteiger partial charge in [0, 0.05) is 28.7 Å². The number of rotatable bonds is 4. The van der Waals surface area contributed by atoms with E-state index in [9.17, 15) is 9.18 Å². The normalized spacial score (nSPS) is 10.8. The summed E-state index contributed by atoms with van der Waals surface area (Å²) < 4.78 is 13.3. The molecule has 3 nitrogen and oxygen atoms in total. The summed E-state index contributed by atoms with van der Waals surface area (Å²) in [6, 6.07) is 11.8. The van der Waals surface area contributed by atoms with E-state index in [0.717, 1.165) is 22.0 Å². The highest BCUT2D eigenvalue weighted by atomic mass is 35.5. The van der Waals surface area contributed by atoms with E-state index in [-0.39, 0.29) is 18.1 Å². The molecule has 0 aliphatic carbocycles. The van der Waals surface area contributed by atoms with Crippen molar-refractivity contribution in [3.05, 3.63) is 70.6 Å². The van der Waals surface area contributed by atoms with Crippen molar-refractivity contribution in [2.45, 2.75) is 13.0 Å². The van der Waals surface area contributed by atoms with E-state index in [1.54, 1.807) is 24.4 Å². The number of hydrogen-bond acceptors (Lipinski definition) is 1. The Kier molecular flexibility index (Phi) is 4.11. The van der Waals surface area contributed by atoms with Crippen molar-refractivity contribution in [1.82, 2.24) is 10.3 Å². The first-order valence-corrected chi connectivity index (χ1v) is 7.26. The third kappa shape index (κ3) is 3.28. The van der Waals surface area contributed by atoms with Crippen LogP contribution in [0, 0.1) is 5.82 Å². The standard InChI is InChI=1S/C17H14ClFN2O/c18-13-3-1-11(2-4-13)9-21-17(22)7-12-10-20-16-6-5-14(19)8-15(12)16/h1-6,8,10,20H,7,9H2,(H,21,22). The fourth-order valence-corrected chi connectivity index (χ4v) is 2.46. The van der Waals surface area contributed by atoms with Gasteiger partial charge in [0.05, 0.1) is 6.42 Å². The van der Waals surface area contributed by atoms with Crippen LogP contribution in [0.25, 0.3) is 10.9 Å². The molecule has 112 valence electrons. The Hall–Kier alpha value is -2.33. The van der Waals surface area contributed by atoms with Crippen LogP contribution in [0.15, 0.2) is 48.7 Å². The monoisotopic (exact) mass is 316 g/mol. The number of nitrogens with one attached hydrogen (secondary N) is 2. The van der Waals surface area contributed by atoms with E-state index in [0.29, 0.717) is 11.6 Å². The van der Waals surface area contributed by atoms with Gasteiger partial charge in [0.2, 0.25) is 5.91 Å². The van der Waals surface area contributed by atoms with Crippen molar-refractivity contribution in [2.24, 2.45) is 0 Å². The van der Waals surface area contributed by atoms with E-state index < -0.39 is 0 Å². The molecule has 2 aromatic carbocycles. The second-order valence-corrected chi connectivity index (χ2v) is 5.52. The number of benzene rings is 2. The van der Waals surface area contributed by atoms with Crippen LogP contribution in [-0.2, 0) is 17.8 Å². The van der Waals surface area contributed by atoms with Crippen molar-refractivity contribution >= 4 is 28.4 Å². The van der Waals surface area contributed by atoms with Crippen LogP contribution in [0.2, 0.25) is 5.02 Å². The van der Waals surface area contributed by atoms with Gasteiger partial charge in [0.15, 0.2) is 0 Å². The van der Waals surface area contributed by atoms with Crippen LogP contribution in [0.1, 0.15) is 11.1 Å². The van der Waals surface area contributed by atoms with Gasteiger partial charge in [0.25, 0.3) is 0 Å². The average Bonchev–Trinajstić information content (AvgIpc) is 2.89. The largest absolute Gasteiger partial charge is 0.361 e. The number of fused-ring (bicyclic) bond motifs is 1. The second-order valence-electron chi connectivity index (χ2n) is 5.08. The summed E-state index contributed by atoms with van der Waals surface area (Å²) in [6.07, 6.45) is 1.95. The van der Waals surface area contributed by atoms with Gasteiger partial charge < -0.3 is 10.3 Å². The van der Waals surface area contributed by atoms with Crippen molar-refractivity contribution in [2.75, 3.05) is 0 Å². The van der Waals surface area contributed by atoms with Crippen LogP contribution in [0.5, 0.6) is 0 Å². The molecule has 1 aromatic heterocycles. The molecule has 22 heavy (non-hydrogen) atoms. The maximum atomic E-state index is 13.3. The van der Waals surface area contributed by atoms with E-state index >= 15 is 0 Å². The molecule has 0 saturated carbocycles. The predicted molar refractivity (Wildman–Crippen MR) is 85.3 cm³/mol. The first-order valence-electron chi connectivity index (χ1n) is 6.88. The van der Waals surface area contributed by atoms with Gasteiger partial charge in [-0.25, -0.2) is 4.39 Å². The topological polar surface area (TPSA) is 44.9 Å². The Balaban J connectivity index is 1.65. The quantitative estimate of drug-likeness (QED) is 0.755. The molecule has 5 heteroatoms. The summed E-state index contributed by atoms with van der Waals surface area (Å²) in [6.45, 7) is 0.437. The molecule has 0 atom stereocenters. The van der Waals surface area contributed by atoms with Crippen LogP contribution in [0.3, 0.4) is 0 Å². The summed E-state index contributed by atoms with van der Waals surface area (Å²) in [5.41, 5.74) is 2.58. The highest BCUT2D eigenvalue weighted by Crippen LogP contribution is 2.19. The zero-order valence-electron chi connectivity index (χ0n) is 11.7. The van der Waals surface area contributed by atoms with Crippen molar-refractivity contribution in [3.8, 4) is 0 Å². The minimum atomic E-state index is -0.310. The molecule has 0 unspecified atom stereocenters. The van der Waals surface area contributed by atoms with Crippen molar-refractivity contribution < 1.29 is 9.18 Å². The first-order chi connectivity index (χ1) is 10.6. The lowest BCUT2D eigenvalue weighted by molar-refractivity contribution is -0.120. The van der Waals surface area contributed by atoms with Crippen LogP contribution in [0.4, 0.5) is 4.39 Å². The number of carbonyl (C=O) groups is 1. The average molecular weight is 317 g/mol. The van der Waals surface area contributed by atoms with Gasteiger partial charge in [-0.15, -0.1) is 0 Å². The van der Waals surface area contributed by atoms with E-state index in [4.69, 9.17) is 11.6 Å². The molecule has 0 saturated heterocycles. The molecule has 3 rings (SSSR count). The number of halogens is 2. The van der Waals surface area contributed by atoms with Crippen LogP contribution < -0.4 is 5.32 Å². The summed E-state index contributed by atoms with van der Waals surface area (Å²) >= 11 is 5.82. The van der Waals surface area contributed by atoms with Crippen molar-refractivity contribution in [1.29, 1.82) is 0 Å². The van der Waals surface area contributed by atoms with E-state index in [1.807, 2.05) is 12.1 Å². The highest BCUT2D eigenvalue weighted by Gasteiger charge is 2.09. The number of hydrogen-bond donors (Lipinski definition) is 2.